The molecule has 2 aliphatic carbocycles. The molecular formula is C11H10ClN. The molecule has 0 bridgehead atoms. The molecule has 0 radical (unpaired) electrons. The average molecular weight is 192 g/mol. The maximum Gasteiger partial charge on any atom is 0.0409 e. The molecular weight excluding hydrogens is 182 g/mol. The summed E-state index contributed by atoms with van der Waals surface area (Å²) < 4.78 is 0. The van der Waals surface area contributed by atoms with Gasteiger partial charge < -0.3 is 5.32 Å². The highest BCUT2D eigenvalue weighted by atomic mass is 35.5. The molecule has 0 aromatic heterocycles. The van der Waals surface area contributed by atoms with Crippen molar-refractivity contribution in [1.29, 1.82) is 0 Å². The fourth-order valence-corrected chi connectivity index (χ4v) is 3.76. The van der Waals surface area contributed by atoms with Crippen molar-refractivity contribution >= 4 is 11.6 Å². The minimum absolute atomic E-state index is 0.507. The predicted molar refractivity (Wildman–Crippen MR) is 52.3 cm³/mol. The number of piperidine rings is 1. The number of hydrogen-bond donors (Lipinski definition) is 1. The highest BCUT2D eigenvalue weighted by molar-refractivity contribution is 6.30. The molecule has 1 saturated carbocycles. The van der Waals surface area contributed by atoms with E-state index in [2.05, 4.69) is 17.4 Å². The molecule has 1 saturated heterocycles. The first-order valence-corrected chi connectivity index (χ1v) is 5.18. The average Bonchev–Trinajstić information content (AvgIpc) is 2.59. The van der Waals surface area contributed by atoms with Gasteiger partial charge in [0.05, 0.1) is 0 Å². The van der Waals surface area contributed by atoms with Crippen LogP contribution < -0.4 is 5.32 Å². The van der Waals surface area contributed by atoms with Gasteiger partial charge in [-0.15, -0.1) is 0 Å². The Morgan fingerprint density at radius 2 is 1.92 bits per heavy atom. The Kier molecular flexibility index (Phi) is 0.879. The van der Waals surface area contributed by atoms with Crippen molar-refractivity contribution < 1.29 is 0 Å². The van der Waals surface area contributed by atoms with Crippen molar-refractivity contribution in [3.05, 3.63) is 34.3 Å². The number of rotatable bonds is 0. The van der Waals surface area contributed by atoms with E-state index in [0.29, 0.717) is 10.8 Å². The maximum absolute atomic E-state index is 6.00. The third kappa shape index (κ3) is 0.498. The van der Waals surface area contributed by atoms with Crippen molar-refractivity contribution in [3.63, 3.8) is 0 Å². The van der Waals surface area contributed by atoms with Gasteiger partial charge in [0.25, 0.3) is 0 Å². The van der Waals surface area contributed by atoms with E-state index in [1.54, 1.807) is 5.56 Å². The molecule has 1 heterocycles. The number of benzene rings is 1. The van der Waals surface area contributed by atoms with E-state index >= 15 is 0 Å². The first-order chi connectivity index (χ1) is 6.29. The van der Waals surface area contributed by atoms with Gasteiger partial charge in [0.2, 0.25) is 0 Å². The summed E-state index contributed by atoms with van der Waals surface area (Å²) in [6.45, 7) is 2.35. The Bertz CT molecular complexity index is 428. The van der Waals surface area contributed by atoms with Gasteiger partial charge in [-0.2, -0.15) is 0 Å². The van der Waals surface area contributed by atoms with Crippen molar-refractivity contribution in [1.82, 2.24) is 5.32 Å². The van der Waals surface area contributed by atoms with Gasteiger partial charge in [-0.3, -0.25) is 0 Å². The molecule has 13 heavy (non-hydrogen) atoms. The smallest absolute Gasteiger partial charge is 0.0409 e. The van der Waals surface area contributed by atoms with E-state index < -0.39 is 0 Å². The molecule has 2 heteroatoms. The maximum atomic E-state index is 6.00. The van der Waals surface area contributed by atoms with E-state index in [1.807, 2.05) is 6.07 Å². The molecule has 1 aromatic carbocycles. The second-order valence-corrected chi connectivity index (χ2v) is 5.07. The monoisotopic (exact) mass is 191 g/mol. The fraction of sp³-hybridized carbons (Fsp3) is 0.455. The summed E-state index contributed by atoms with van der Waals surface area (Å²) in [7, 11) is 0. The molecule has 1 nitrogen and oxygen atoms in total. The summed E-state index contributed by atoms with van der Waals surface area (Å²) in [6.07, 6.45) is 1.36. The lowest BCUT2D eigenvalue weighted by Crippen LogP contribution is -2.32. The number of nitrogens with one attached hydrogen (secondary N) is 1. The number of halogens is 1. The first kappa shape index (κ1) is 6.86. The highest BCUT2D eigenvalue weighted by Crippen LogP contribution is 2.76. The van der Waals surface area contributed by atoms with Crippen LogP contribution in [0.5, 0.6) is 0 Å². The second kappa shape index (κ2) is 1.67. The second-order valence-electron chi connectivity index (χ2n) is 4.63. The summed E-state index contributed by atoms with van der Waals surface area (Å²) >= 11 is 6.00. The van der Waals surface area contributed by atoms with Crippen molar-refractivity contribution in [2.45, 2.75) is 17.3 Å². The number of hydrogen-bond acceptors (Lipinski definition) is 1. The van der Waals surface area contributed by atoms with Crippen LogP contribution in [0.3, 0.4) is 0 Å². The van der Waals surface area contributed by atoms with Gasteiger partial charge in [0.15, 0.2) is 0 Å². The topological polar surface area (TPSA) is 12.0 Å². The molecule has 3 aliphatic rings. The van der Waals surface area contributed by atoms with Crippen LogP contribution in [0.2, 0.25) is 5.02 Å². The molecule has 0 amide bonds. The summed E-state index contributed by atoms with van der Waals surface area (Å²) in [6, 6.07) is 6.40. The molecule has 2 fully saturated rings. The van der Waals surface area contributed by atoms with Gasteiger partial charge in [-0.05, 0) is 29.7 Å². The van der Waals surface area contributed by atoms with Gasteiger partial charge in [-0.25, -0.2) is 0 Å². The van der Waals surface area contributed by atoms with Crippen LogP contribution in [-0.2, 0) is 10.8 Å². The predicted octanol–water partition coefficient (Wildman–Crippen LogP) is 1.84. The Balaban J connectivity index is 2.01. The van der Waals surface area contributed by atoms with Crippen LogP contribution in [0, 0.1) is 0 Å². The van der Waals surface area contributed by atoms with Crippen LogP contribution in [-0.4, -0.2) is 13.1 Å². The van der Waals surface area contributed by atoms with E-state index in [0.717, 1.165) is 5.02 Å². The lowest BCUT2D eigenvalue weighted by molar-refractivity contribution is 0.576. The Morgan fingerprint density at radius 1 is 1.15 bits per heavy atom. The SMILES string of the molecule is Clc1ccc2c(c1)C13CNCC21C3. The van der Waals surface area contributed by atoms with Gasteiger partial charge >= 0.3 is 0 Å². The van der Waals surface area contributed by atoms with Gasteiger partial charge in [0.1, 0.15) is 0 Å². The lowest BCUT2D eigenvalue weighted by atomic mass is 9.70. The van der Waals surface area contributed by atoms with Crippen molar-refractivity contribution in [2.75, 3.05) is 13.1 Å². The largest absolute Gasteiger partial charge is 0.315 e. The van der Waals surface area contributed by atoms with E-state index in [-0.39, 0.29) is 0 Å². The molecule has 0 spiro atoms. The molecule has 1 aliphatic heterocycles. The van der Waals surface area contributed by atoms with E-state index in [4.69, 9.17) is 11.6 Å². The van der Waals surface area contributed by atoms with Crippen LogP contribution in [0.1, 0.15) is 17.5 Å². The lowest BCUT2D eigenvalue weighted by Gasteiger charge is -2.32. The standard InChI is InChI=1S/C11H10ClN/c12-7-1-2-8-9(3-7)11-4-10(8,11)5-13-6-11/h1-3,13H,4-6H2. The van der Waals surface area contributed by atoms with Crippen molar-refractivity contribution in [3.8, 4) is 0 Å². The van der Waals surface area contributed by atoms with Crippen LogP contribution in [0.15, 0.2) is 18.2 Å². The molecule has 4 rings (SSSR count). The third-order valence-electron chi connectivity index (χ3n) is 4.26. The van der Waals surface area contributed by atoms with Crippen LogP contribution >= 0.6 is 11.6 Å². The molecule has 1 N–H and O–H groups in total. The zero-order valence-electron chi connectivity index (χ0n) is 7.23. The molecule has 66 valence electrons. The minimum atomic E-state index is 0.507. The fourth-order valence-electron chi connectivity index (χ4n) is 3.59. The van der Waals surface area contributed by atoms with Crippen LogP contribution in [0.4, 0.5) is 0 Å². The Labute approximate surface area is 82.1 Å². The minimum Gasteiger partial charge on any atom is -0.315 e. The zero-order valence-corrected chi connectivity index (χ0v) is 7.99. The molecule has 2 atom stereocenters. The Hall–Kier alpha value is -0.530. The quantitative estimate of drug-likeness (QED) is 0.660. The summed E-state index contributed by atoms with van der Waals surface area (Å²) in [4.78, 5) is 0. The first-order valence-electron chi connectivity index (χ1n) is 4.80. The van der Waals surface area contributed by atoms with Gasteiger partial charge in [0, 0.05) is 28.9 Å². The summed E-state index contributed by atoms with van der Waals surface area (Å²) in [5.41, 5.74) is 4.12. The molecule has 2 unspecified atom stereocenters. The van der Waals surface area contributed by atoms with E-state index in [1.165, 1.54) is 25.1 Å². The van der Waals surface area contributed by atoms with Crippen molar-refractivity contribution in [2.24, 2.45) is 0 Å². The number of fused-ring (bicyclic) bond motifs is 1. The summed E-state index contributed by atoms with van der Waals surface area (Å²) in [5, 5.41) is 4.38. The van der Waals surface area contributed by atoms with Gasteiger partial charge in [-0.1, -0.05) is 17.7 Å². The normalized spacial score (nSPS) is 43.2. The third-order valence-corrected chi connectivity index (χ3v) is 4.50. The summed E-state index contributed by atoms with van der Waals surface area (Å²) in [5.74, 6) is 0. The zero-order chi connectivity index (χ0) is 8.68. The highest BCUT2D eigenvalue weighted by Gasteiger charge is 2.79. The van der Waals surface area contributed by atoms with E-state index in [9.17, 15) is 0 Å². The molecule has 1 aromatic rings. The van der Waals surface area contributed by atoms with Crippen LogP contribution in [0.25, 0.3) is 0 Å². The Morgan fingerprint density at radius 3 is 2.77 bits per heavy atom.